The molecule has 1 fully saturated rings. The van der Waals surface area contributed by atoms with E-state index < -0.39 is 0 Å². The second-order valence-electron chi connectivity index (χ2n) is 4.43. The van der Waals surface area contributed by atoms with E-state index in [1.165, 1.54) is 0 Å². The zero-order chi connectivity index (χ0) is 13.7. The smallest absolute Gasteiger partial charge is 0.239 e. The van der Waals surface area contributed by atoms with Gasteiger partial charge in [-0.25, -0.2) is 0 Å². The minimum Gasteiger partial charge on any atom is -0.381 e. The van der Waals surface area contributed by atoms with Crippen molar-refractivity contribution >= 4 is 39.1 Å². The lowest BCUT2D eigenvalue weighted by atomic mass is 10.1. The monoisotopic (exact) mass is 346 g/mol. The van der Waals surface area contributed by atoms with Crippen molar-refractivity contribution in [1.29, 1.82) is 0 Å². The van der Waals surface area contributed by atoms with Gasteiger partial charge < -0.3 is 15.4 Å². The van der Waals surface area contributed by atoms with Crippen molar-refractivity contribution < 1.29 is 9.53 Å². The first-order chi connectivity index (χ1) is 9.15. The molecule has 104 valence electrons. The SMILES string of the molecule is O=C(CNc1cc(Cl)ccc1Br)NC1CCOCC1. The highest BCUT2D eigenvalue weighted by molar-refractivity contribution is 9.10. The van der Waals surface area contributed by atoms with E-state index in [2.05, 4.69) is 26.6 Å². The highest BCUT2D eigenvalue weighted by Gasteiger charge is 2.15. The largest absolute Gasteiger partial charge is 0.381 e. The van der Waals surface area contributed by atoms with E-state index >= 15 is 0 Å². The predicted octanol–water partition coefficient (Wildman–Crippen LogP) is 2.81. The molecule has 0 saturated carbocycles. The number of carbonyl (C=O) groups is 1. The van der Waals surface area contributed by atoms with Crippen LogP contribution in [-0.4, -0.2) is 31.7 Å². The van der Waals surface area contributed by atoms with Gasteiger partial charge in [0, 0.05) is 28.8 Å². The van der Waals surface area contributed by atoms with Gasteiger partial charge in [0.25, 0.3) is 0 Å². The number of hydrogen-bond acceptors (Lipinski definition) is 3. The van der Waals surface area contributed by atoms with E-state index in [9.17, 15) is 4.79 Å². The Balaban J connectivity index is 1.81. The van der Waals surface area contributed by atoms with Crippen LogP contribution < -0.4 is 10.6 Å². The van der Waals surface area contributed by atoms with Gasteiger partial charge in [-0.1, -0.05) is 11.6 Å². The molecular formula is C13H16BrClN2O2. The molecule has 0 bridgehead atoms. The average Bonchev–Trinajstić information content (AvgIpc) is 2.41. The Hall–Kier alpha value is -0.780. The van der Waals surface area contributed by atoms with Crippen LogP contribution in [0.1, 0.15) is 12.8 Å². The van der Waals surface area contributed by atoms with E-state index in [0.717, 1.165) is 36.2 Å². The predicted molar refractivity (Wildman–Crippen MR) is 79.6 cm³/mol. The first kappa shape index (κ1) is 14.6. The summed E-state index contributed by atoms with van der Waals surface area (Å²) in [7, 11) is 0. The molecule has 0 aromatic heterocycles. The maximum absolute atomic E-state index is 11.8. The molecule has 1 aliphatic rings. The normalized spacial score (nSPS) is 16.1. The van der Waals surface area contributed by atoms with Gasteiger partial charge in [0.1, 0.15) is 0 Å². The van der Waals surface area contributed by atoms with Gasteiger partial charge in [-0.05, 0) is 47.0 Å². The van der Waals surface area contributed by atoms with Crippen LogP contribution in [0, 0.1) is 0 Å². The van der Waals surface area contributed by atoms with Crippen LogP contribution in [0.4, 0.5) is 5.69 Å². The summed E-state index contributed by atoms with van der Waals surface area (Å²) in [6.45, 7) is 1.67. The first-order valence-electron chi connectivity index (χ1n) is 6.21. The quantitative estimate of drug-likeness (QED) is 0.880. The Morgan fingerprint density at radius 3 is 2.89 bits per heavy atom. The minimum absolute atomic E-state index is 0.0150. The fraction of sp³-hybridized carbons (Fsp3) is 0.462. The number of anilines is 1. The Morgan fingerprint density at radius 1 is 1.42 bits per heavy atom. The van der Waals surface area contributed by atoms with Crippen LogP contribution >= 0.6 is 27.5 Å². The fourth-order valence-corrected chi connectivity index (χ4v) is 2.49. The van der Waals surface area contributed by atoms with Gasteiger partial charge >= 0.3 is 0 Å². The summed E-state index contributed by atoms with van der Waals surface area (Å²) in [5.74, 6) is -0.0150. The third-order valence-corrected chi connectivity index (χ3v) is 3.88. The topological polar surface area (TPSA) is 50.4 Å². The van der Waals surface area contributed by atoms with E-state index in [4.69, 9.17) is 16.3 Å². The van der Waals surface area contributed by atoms with E-state index in [1.54, 1.807) is 12.1 Å². The summed E-state index contributed by atoms with van der Waals surface area (Å²) in [4.78, 5) is 11.8. The van der Waals surface area contributed by atoms with Crippen LogP contribution in [0.15, 0.2) is 22.7 Å². The van der Waals surface area contributed by atoms with Crippen molar-refractivity contribution in [2.24, 2.45) is 0 Å². The summed E-state index contributed by atoms with van der Waals surface area (Å²) in [6.07, 6.45) is 1.76. The maximum atomic E-state index is 11.8. The van der Waals surface area contributed by atoms with Gasteiger partial charge in [-0.3, -0.25) is 4.79 Å². The van der Waals surface area contributed by atoms with Crippen molar-refractivity contribution in [2.45, 2.75) is 18.9 Å². The molecule has 0 unspecified atom stereocenters. The minimum atomic E-state index is -0.0150. The third kappa shape index (κ3) is 4.67. The number of nitrogens with one attached hydrogen (secondary N) is 2. The lowest BCUT2D eigenvalue weighted by Gasteiger charge is -2.23. The van der Waals surface area contributed by atoms with Gasteiger partial charge in [-0.2, -0.15) is 0 Å². The molecule has 1 aromatic rings. The molecule has 2 N–H and O–H groups in total. The van der Waals surface area contributed by atoms with Crippen molar-refractivity contribution in [2.75, 3.05) is 25.1 Å². The molecule has 6 heteroatoms. The van der Waals surface area contributed by atoms with Crippen LogP contribution in [0.3, 0.4) is 0 Å². The lowest BCUT2D eigenvalue weighted by Crippen LogP contribution is -2.41. The zero-order valence-electron chi connectivity index (χ0n) is 10.4. The van der Waals surface area contributed by atoms with Gasteiger partial charge in [0.15, 0.2) is 0 Å². The number of rotatable bonds is 4. The molecule has 1 aliphatic heterocycles. The summed E-state index contributed by atoms with van der Waals surface area (Å²) in [5.41, 5.74) is 0.814. The van der Waals surface area contributed by atoms with E-state index in [0.29, 0.717) is 5.02 Å². The third-order valence-electron chi connectivity index (χ3n) is 2.95. The molecule has 0 aliphatic carbocycles. The zero-order valence-corrected chi connectivity index (χ0v) is 12.8. The molecule has 1 heterocycles. The Labute approximate surface area is 126 Å². The summed E-state index contributed by atoms with van der Waals surface area (Å²) in [6, 6.07) is 5.65. The highest BCUT2D eigenvalue weighted by atomic mass is 79.9. The van der Waals surface area contributed by atoms with Crippen molar-refractivity contribution in [3.05, 3.63) is 27.7 Å². The van der Waals surface area contributed by atoms with Crippen LogP contribution in [0.2, 0.25) is 5.02 Å². The van der Waals surface area contributed by atoms with Crippen LogP contribution in [0.5, 0.6) is 0 Å². The molecule has 1 aromatic carbocycles. The fourth-order valence-electron chi connectivity index (χ4n) is 1.93. The number of benzene rings is 1. The maximum Gasteiger partial charge on any atom is 0.239 e. The lowest BCUT2D eigenvalue weighted by molar-refractivity contribution is -0.120. The second-order valence-corrected chi connectivity index (χ2v) is 5.72. The first-order valence-corrected chi connectivity index (χ1v) is 7.38. The van der Waals surface area contributed by atoms with Gasteiger partial charge in [0.2, 0.25) is 5.91 Å². The Morgan fingerprint density at radius 2 is 2.16 bits per heavy atom. The number of carbonyl (C=O) groups excluding carboxylic acids is 1. The van der Waals surface area contributed by atoms with Crippen molar-refractivity contribution in [1.82, 2.24) is 5.32 Å². The number of hydrogen-bond donors (Lipinski definition) is 2. The summed E-state index contributed by atoms with van der Waals surface area (Å²) in [5, 5.41) is 6.70. The van der Waals surface area contributed by atoms with Crippen LogP contribution in [-0.2, 0) is 9.53 Å². The highest BCUT2D eigenvalue weighted by Crippen LogP contribution is 2.25. The molecule has 2 rings (SSSR count). The molecule has 0 radical (unpaired) electrons. The van der Waals surface area contributed by atoms with Crippen molar-refractivity contribution in [3.8, 4) is 0 Å². The molecule has 4 nitrogen and oxygen atoms in total. The number of ether oxygens (including phenoxy) is 1. The average molecular weight is 348 g/mol. The number of halogens is 2. The molecule has 19 heavy (non-hydrogen) atoms. The van der Waals surface area contributed by atoms with Crippen molar-refractivity contribution in [3.63, 3.8) is 0 Å². The number of amides is 1. The van der Waals surface area contributed by atoms with Crippen LogP contribution in [0.25, 0.3) is 0 Å². The van der Waals surface area contributed by atoms with E-state index in [1.807, 2.05) is 6.07 Å². The second kappa shape index (κ2) is 7.12. The standard InChI is InChI=1S/C13H16BrClN2O2/c14-11-2-1-9(15)7-12(11)16-8-13(18)17-10-3-5-19-6-4-10/h1-2,7,10,16H,3-6,8H2,(H,17,18). The summed E-state index contributed by atoms with van der Waals surface area (Å²) < 4.78 is 6.14. The molecule has 1 amide bonds. The molecule has 1 saturated heterocycles. The Kier molecular flexibility index (Phi) is 5.48. The summed E-state index contributed by atoms with van der Waals surface area (Å²) >= 11 is 9.32. The van der Waals surface area contributed by atoms with E-state index in [-0.39, 0.29) is 18.5 Å². The molecular weight excluding hydrogens is 332 g/mol. The Bertz CT molecular complexity index is 450. The molecule has 0 atom stereocenters. The van der Waals surface area contributed by atoms with Gasteiger partial charge in [-0.15, -0.1) is 0 Å². The molecule has 0 spiro atoms. The van der Waals surface area contributed by atoms with Gasteiger partial charge in [0.05, 0.1) is 12.2 Å².